The molecule has 1 aromatic rings. The molecule has 0 saturated carbocycles. The van der Waals surface area contributed by atoms with Crippen LogP contribution in [-0.2, 0) is 6.54 Å². The summed E-state index contributed by atoms with van der Waals surface area (Å²) >= 11 is 0. The monoisotopic (exact) mass is 223 g/mol. The predicted octanol–water partition coefficient (Wildman–Crippen LogP) is 1.33. The van der Waals surface area contributed by atoms with E-state index in [1.807, 2.05) is 19.3 Å². The maximum absolute atomic E-state index is 8.96. The summed E-state index contributed by atoms with van der Waals surface area (Å²) in [5.41, 5.74) is 1.18. The summed E-state index contributed by atoms with van der Waals surface area (Å²) in [4.78, 5) is 6.50. The van der Waals surface area contributed by atoms with Crippen LogP contribution in [0.2, 0.25) is 0 Å². The van der Waals surface area contributed by atoms with Crippen molar-refractivity contribution in [2.75, 3.05) is 32.1 Å². The van der Waals surface area contributed by atoms with Gasteiger partial charge in [0.2, 0.25) is 0 Å². The average Bonchev–Trinajstić information content (AvgIpc) is 2.31. The van der Waals surface area contributed by atoms with Gasteiger partial charge in [-0.2, -0.15) is 0 Å². The van der Waals surface area contributed by atoms with Gasteiger partial charge in [-0.1, -0.05) is 13.0 Å². The lowest BCUT2D eigenvalue weighted by Gasteiger charge is -2.20. The van der Waals surface area contributed by atoms with E-state index in [0.717, 1.165) is 31.9 Å². The zero-order valence-corrected chi connectivity index (χ0v) is 10.1. The summed E-state index contributed by atoms with van der Waals surface area (Å²) < 4.78 is 0. The number of pyridine rings is 1. The third-order valence-corrected chi connectivity index (χ3v) is 2.44. The SMILES string of the molecule is CCCN(CCO)Cc1ccc(NC)nc1. The highest BCUT2D eigenvalue weighted by Gasteiger charge is 2.04. The molecule has 0 aliphatic heterocycles. The first-order valence-corrected chi connectivity index (χ1v) is 5.76. The molecule has 2 N–H and O–H groups in total. The maximum atomic E-state index is 8.96. The van der Waals surface area contributed by atoms with Crippen molar-refractivity contribution in [1.29, 1.82) is 0 Å². The zero-order valence-electron chi connectivity index (χ0n) is 10.1. The maximum Gasteiger partial charge on any atom is 0.125 e. The van der Waals surface area contributed by atoms with Crippen molar-refractivity contribution in [3.8, 4) is 0 Å². The largest absolute Gasteiger partial charge is 0.395 e. The molecule has 0 fully saturated rings. The Labute approximate surface area is 97.3 Å². The van der Waals surface area contributed by atoms with Gasteiger partial charge < -0.3 is 10.4 Å². The minimum atomic E-state index is 0.210. The average molecular weight is 223 g/mol. The molecule has 90 valence electrons. The van der Waals surface area contributed by atoms with Crippen molar-refractivity contribution < 1.29 is 5.11 Å². The highest BCUT2D eigenvalue weighted by Crippen LogP contribution is 2.07. The molecule has 1 heterocycles. The zero-order chi connectivity index (χ0) is 11.8. The Morgan fingerprint density at radius 2 is 2.19 bits per heavy atom. The molecule has 16 heavy (non-hydrogen) atoms. The van der Waals surface area contributed by atoms with E-state index in [0.29, 0.717) is 0 Å². The highest BCUT2D eigenvalue weighted by molar-refractivity contribution is 5.34. The molecule has 4 nitrogen and oxygen atoms in total. The molecule has 0 amide bonds. The normalized spacial score (nSPS) is 10.8. The molecular formula is C12H21N3O. The van der Waals surface area contributed by atoms with Gasteiger partial charge in [-0.05, 0) is 24.6 Å². The lowest BCUT2D eigenvalue weighted by atomic mass is 10.2. The molecular weight excluding hydrogens is 202 g/mol. The number of nitrogens with one attached hydrogen (secondary N) is 1. The van der Waals surface area contributed by atoms with Crippen molar-refractivity contribution in [3.05, 3.63) is 23.9 Å². The van der Waals surface area contributed by atoms with Crippen LogP contribution in [0.15, 0.2) is 18.3 Å². The fourth-order valence-electron chi connectivity index (χ4n) is 1.65. The van der Waals surface area contributed by atoms with E-state index in [1.165, 1.54) is 5.56 Å². The molecule has 0 radical (unpaired) electrons. The lowest BCUT2D eigenvalue weighted by Crippen LogP contribution is -2.27. The second-order valence-corrected chi connectivity index (χ2v) is 3.80. The van der Waals surface area contributed by atoms with E-state index < -0.39 is 0 Å². The van der Waals surface area contributed by atoms with Crippen LogP contribution in [0.4, 0.5) is 5.82 Å². The van der Waals surface area contributed by atoms with E-state index in [9.17, 15) is 0 Å². The molecule has 0 spiro atoms. The van der Waals surface area contributed by atoms with E-state index in [4.69, 9.17) is 5.11 Å². The van der Waals surface area contributed by atoms with Gasteiger partial charge in [0, 0.05) is 26.3 Å². The second kappa shape index (κ2) is 7.19. The lowest BCUT2D eigenvalue weighted by molar-refractivity contribution is 0.190. The molecule has 1 rings (SSSR count). The van der Waals surface area contributed by atoms with E-state index in [2.05, 4.69) is 28.2 Å². The number of anilines is 1. The van der Waals surface area contributed by atoms with E-state index in [1.54, 1.807) is 0 Å². The summed E-state index contributed by atoms with van der Waals surface area (Å²) in [6.45, 7) is 4.94. The molecule has 0 aliphatic carbocycles. The molecule has 0 aliphatic rings. The smallest absolute Gasteiger partial charge is 0.125 e. The minimum absolute atomic E-state index is 0.210. The van der Waals surface area contributed by atoms with E-state index >= 15 is 0 Å². The Bertz CT molecular complexity index is 281. The van der Waals surface area contributed by atoms with Gasteiger partial charge in [0.15, 0.2) is 0 Å². The van der Waals surface area contributed by atoms with Gasteiger partial charge >= 0.3 is 0 Å². The molecule has 0 aromatic carbocycles. The first-order chi connectivity index (χ1) is 7.80. The summed E-state index contributed by atoms with van der Waals surface area (Å²) in [6, 6.07) is 4.04. The molecule has 0 bridgehead atoms. The van der Waals surface area contributed by atoms with Crippen LogP contribution in [0.3, 0.4) is 0 Å². The quantitative estimate of drug-likeness (QED) is 0.732. The van der Waals surface area contributed by atoms with Crippen LogP contribution in [0.5, 0.6) is 0 Å². The van der Waals surface area contributed by atoms with Crippen LogP contribution >= 0.6 is 0 Å². The van der Waals surface area contributed by atoms with Crippen molar-refractivity contribution in [2.45, 2.75) is 19.9 Å². The number of aromatic nitrogens is 1. The summed E-state index contributed by atoms with van der Waals surface area (Å²) in [5, 5.41) is 11.9. The third kappa shape index (κ3) is 4.16. The fraction of sp³-hybridized carbons (Fsp3) is 0.583. The van der Waals surface area contributed by atoms with Crippen LogP contribution in [0, 0.1) is 0 Å². The Morgan fingerprint density at radius 3 is 2.69 bits per heavy atom. The second-order valence-electron chi connectivity index (χ2n) is 3.80. The van der Waals surface area contributed by atoms with Gasteiger partial charge in [0.1, 0.15) is 5.82 Å². The Hall–Kier alpha value is -1.13. The Balaban J connectivity index is 2.54. The van der Waals surface area contributed by atoms with Gasteiger partial charge in [-0.25, -0.2) is 4.98 Å². The standard InChI is InChI=1S/C12H21N3O/c1-3-6-15(7-8-16)10-11-4-5-12(13-2)14-9-11/h4-5,9,16H,3,6-8,10H2,1-2H3,(H,13,14). The molecule has 1 aromatic heterocycles. The van der Waals surface area contributed by atoms with Crippen LogP contribution in [0.25, 0.3) is 0 Å². The van der Waals surface area contributed by atoms with Crippen molar-refractivity contribution in [1.82, 2.24) is 9.88 Å². The molecule has 0 saturated heterocycles. The van der Waals surface area contributed by atoms with Crippen LogP contribution < -0.4 is 5.32 Å². The molecule has 0 unspecified atom stereocenters. The molecule has 0 atom stereocenters. The number of hydrogen-bond acceptors (Lipinski definition) is 4. The van der Waals surface area contributed by atoms with Gasteiger partial charge in [0.05, 0.1) is 6.61 Å². The first kappa shape index (κ1) is 12.9. The number of nitrogens with zero attached hydrogens (tertiary/aromatic N) is 2. The van der Waals surface area contributed by atoms with Crippen molar-refractivity contribution >= 4 is 5.82 Å². The predicted molar refractivity (Wildman–Crippen MR) is 66.4 cm³/mol. The number of aliphatic hydroxyl groups excluding tert-OH is 1. The van der Waals surface area contributed by atoms with Crippen molar-refractivity contribution in [3.63, 3.8) is 0 Å². The Kier molecular flexibility index (Phi) is 5.82. The number of rotatable bonds is 7. The van der Waals surface area contributed by atoms with Crippen molar-refractivity contribution in [2.24, 2.45) is 0 Å². The molecule has 4 heteroatoms. The van der Waals surface area contributed by atoms with Crippen LogP contribution in [0.1, 0.15) is 18.9 Å². The van der Waals surface area contributed by atoms with E-state index in [-0.39, 0.29) is 6.61 Å². The number of aliphatic hydroxyl groups is 1. The van der Waals surface area contributed by atoms with Gasteiger partial charge in [0.25, 0.3) is 0 Å². The van der Waals surface area contributed by atoms with Crippen LogP contribution in [-0.4, -0.2) is 41.7 Å². The third-order valence-electron chi connectivity index (χ3n) is 2.44. The van der Waals surface area contributed by atoms with Gasteiger partial charge in [-0.15, -0.1) is 0 Å². The number of hydrogen-bond donors (Lipinski definition) is 2. The Morgan fingerprint density at radius 1 is 1.38 bits per heavy atom. The summed E-state index contributed by atoms with van der Waals surface area (Å²) in [5.74, 6) is 0.882. The summed E-state index contributed by atoms with van der Waals surface area (Å²) in [7, 11) is 1.86. The fourth-order valence-corrected chi connectivity index (χ4v) is 1.65. The highest BCUT2D eigenvalue weighted by atomic mass is 16.3. The van der Waals surface area contributed by atoms with Gasteiger partial charge in [-0.3, -0.25) is 4.90 Å². The minimum Gasteiger partial charge on any atom is -0.395 e. The first-order valence-electron chi connectivity index (χ1n) is 5.76. The summed E-state index contributed by atoms with van der Waals surface area (Å²) in [6.07, 6.45) is 2.98. The topological polar surface area (TPSA) is 48.4 Å².